The molecule has 2 aromatic rings. The summed E-state index contributed by atoms with van der Waals surface area (Å²) in [6, 6.07) is 8.53. The van der Waals surface area contributed by atoms with E-state index in [9.17, 15) is 4.79 Å². The molecule has 0 aliphatic heterocycles. The SMILES string of the molecule is CCOc1cccnc1NC(=O)CCCOc1ccc(Cl)cc1Cl. The van der Waals surface area contributed by atoms with Crippen molar-refractivity contribution in [1.82, 2.24) is 4.98 Å². The Kier molecular flexibility index (Phi) is 7.15. The van der Waals surface area contributed by atoms with Crippen molar-refractivity contribution >= 4 is 34.9 Å². The van der Waals surface area contributed by atoms with E-state index in [1.165, 1.54) is 0 Å². The molecule has 0 radical (unpaired) electrons. The molecule has 1 heterocycles. The van der Waals surface area contributed by atoms with Crippen LogP contribution in [-0.2, 0) is 4.79 Å². The lowest BCUT2D eigenvalue weighted by Crippen LogP contribution is -2.14. The van der Waals surface area contributed by atoms with Crippen LogP contribution in [0.5, 0.6) is 11.5 Å². The molecular weight excluding hydrogens is 351 g/mol. The molecule has 24 heavy (non-hydrogen) atoms. The number of anilines is 1. The summed E-state index contributed by atoms with van der Waals surface area (Å²) in [4.78, 5) is 16.1. The van der Waals surface area contributed by atoms with Gasteiger partial charge in [-0.1, -0.05) is 23.2 Å². The van der Waals surface area contributed by atoms with Gasteiger partial charge < -0.3 is 14.8 Å². The fourth-order valence-corrected chi connectivity index (χ4v) is 2.42. The fourth-order valence-electron chi connectivity index (χ4n) is 1.96. The normalized spacial score (nSPS) is 10.3. The van der Waals surface area contributed by atoms with Crippen molar-refractivity contribution in [2.24, 2.45) is 0 Å². The third-order valence-corrected chi connectivity index (χ3v) is 3.56. The van der Waals surface area contributed by atoms with Crippen LogP contribution < -0.4 is 14.8 Å². The van der Waals surface area contributed by atoms with E-state index < -0.39 is 0 Å². The number of amides is 1. The molecule has 0 saturated carbocycles. The summed E-state index contributed by atoms with van der Waals surface area (Å²) in [5.41, 5.74) is 0. The van der Waals surface area contributed by atoms with E-state index >= 15 is 0 Å². The highest BCUT2D eigenvalue weighted by atomic mass is 35.5. The lowest BCUT2D eigenvalue weighted by Gasteiger charge is -2.10. The number of halogens is 2. The summed E-state index contributed by atoms with van der Waals surface area (Å²) < 4.78 is 11.0. The highest BCUT2D eigenvalue weighted by molar-refractivity contribution is 6.35. The number of carbonyl (C=O) groups excluding carboxylic acids is 1. The Morgan fingerprint density at radius 3 is 2.79 bits per heavy atom. The molecule has 128 valence electrons. The van der Waals surface area contributed by atoms with Crippen LogP contribution in [-0.4, -0.2) is 24.1 Å². The van der Waals surface area contributed by atoms with E-state index in [1.807, 2.05) is 6.92 Å². The number of nitrogens with one attached hydrogen (secondary N) is 1. The van der Waals surface area contributed by atoms with Crippen LogP contribution in [0.3, 0.4) is 0 Å². The second kappa shape index (κ2) is 9.35. The molecule has 0 aliphatic carbocycles. The maximum absolute atomic E-state index is 12.0. The van der Waals surface area contributed by atoms with Crippen LogP contribution in [0.25, 0.3) is 0 Å². The van der Waals surface area contributed by atoms with Crippen LogP contribution in [0, 0.1) is 0 Å². The number of benzene rings is 1. The molecule has 0 bridgehead atoms. The topological polar surface area (TPSA) is 60.5 Å². The predicted octanol–water partition coefficient (Wildman–Crippen LogP) is 4.58. The van der Waals surface area contributed by atoms with E-state index in [1.54, 1.807) is 36.5 Å². The molecule has 7 heteroatoms. The molecule has 0 unspecified atom stereocenters. The molecule has 5 nitrogen and oxygen atoms in total. The van der Waals surface area contributed by atoms with E-state index in [2.05, 4.69) is 10.3 Å². The number of hydrogen-bond acceptors (Lipinski definition) is 4. The Balaban J connectivity index is 1.77. The fraction of sp³-hybridized carbons (Fsp3) is 0.294. The molecule has 1 N–H and O–H groups in total. The number of pyridine rings is 1. The third kappa shape index (κ3) is 5.58. The van der Waals surface area contributed by atoms with Crippen LogP contribution in [0.1, 0.15) is 19.8 Å². The molecule has 1 aromatic carbocycles. The zero-order chi connectivity index (χ0) is 17.4. The number of hydrogen-bond donors (Lipinski definition) is 1. The van der Waals surface area contributed by atoms with Crippen molar-refractivity contribution in [3.63, 3.8) is 0 Å². The number of rotatable bonds is 8. The Morgan fingerprint density at radius 2 is 2.04 bits per heavy atom. The van der Waals surface area contributed by atoms with Crippen molar-refractivity contribution in [2.75, 3.05) is 18.5 Å². The average molecular weight is 369 g/mol. The molecule has 2 rings (SSSR count). The first-order chi connectivity index (χ1) is 11.6. The summed E-state index contributed by atoms with van der Waals surface area (Å²) in [5, 5.41) is 3.73. The molecule has 0 fully saturated rings. The van der Waals surface area contributed by atoms with Crippen LogP contribution >= 0.6 is 23.2 Å². The first-order valence-electron chi connectivity index (χ1n) is 7.55. The van der Waals surface area contributed by atoms with Gasteiger partial charge in [0.1, 0.15) is 5.75 Å². The zero-order valence-corrected chi connectivity index (χ0v) is 14.7. The molecule has 1 amide bonds. The monoisotopic (exact) mass is 368 g/mol. The summed E-state index contributed by atoms with van der Waals surface area (Å²) in [6.07, 6.45) is 2.44. The van der Waals surface area contributed by atoms with E-state index in [0.29, 0.717) is 53.4 Å². The lowest BCUT2D eigenvalue weighted by molar-refractivity contribution is -0.116. The summed E-state index contributed by atoms with van der Waals surface area (Å²) in [5.74, 6) is 1.37. The maximum atomic E-state index is 12.0. The van der Waals surface area contributed by atoms with Gasteiger partial charge in [0.2, 0.25) is 5.91 Å². The average Bonchev–Trinajstić information content (AvgIpc) is 2.55. The molecule has 0 saturated heterocycles. The Morgan fingerprint density at radius 1 is 1.21 bits per heavy atom. The molecular formula is C17H18Cl2N2O3. The molecule has 0 atom stereocenters. The quantitative estimate of drug-likeness (QED) is 0.692. The van der Waals surface area contributed by atoms with Gasteiger partial charge in [0.15, 0.2) is 11.6 Å². The van der Waals surface area contributed by atoms with Gasteiger partial charge in [0.25, 0.3) is 0 Å². The van der Waals surface area contributed by atoms with Gasteiger partial charge in [-0.15, -0.1) is 0 Å². The summed E-state index contributed by atoms with van der Waals surface area (Å²) in [7, 11) is 0. The van der Waals surface area contributed by atoms with Gasteiger partial charge in [-0.2, -0.15) is 0 Å². The Labute approximate surface area is 150 Å². The second-order valence-corrected chi connectivity index (χ2v) is 5.70. The first kappa shape index (κ1) is 18.4. The maximum Gasteiger partial charge on any atom is 0.225 e. The number of nitrogens with zero attached hydrogens (tertiary/aromatic N) is 1. The van der Waals surface area contributed by atoms with E-state index in [4.69, 9.17) is 32.7 Å². The minimum absolute atomic E-state index is 0.152. The minimum Gasteiger partial charge on any atom is -0.492 e. The van der Waals surface area contributed by atoms with Gasteiger partial charge >= 0.3 is 0 Å². The second-order valence-electron chi connectivity index (χ2n) is 4.86. The molecule has 0 aliphatic rings. The highest BCUT2D eigenvalue weighted by Crippen LogP contribution is 2.27. The third-order valence-electron chi connectivity index (χ3n) is 3.03. The largest absolute Gasteiger partial charge is 0.492 e. The van der Waals surface area contributed by atoms with Crippen LogP contribution in [0.4, 0.5) is 5.82 Å². The molecule has 0 spiro atoms. The first-order valence-corrected chi connectivity index (χ1v) is 8.31. The summed E-state index contributed by atoms with van der Waals surface area (Å²) in [6.45, 7) is 2.75. The number of carbonyl (C=O) groups is 1. The van der Waals surface area contributed by atoms with Crippen molar-refractivity contribution in [3.8, 4) is 11.5 Å². The predicted molar refractivity (Wildman–Crippen MR) is 95.2 cm³/mol. The van der Waals surface area contributed by atoms with Crippen LogP contribution in [0.2, 0.25) is 10.0 Å². The van der Waals surface area contributed by atoms with Gasteiger partial charge in [0.05, 0.1) is 18.2 Å². The molecule has 1 aromatic heterocycles. The number of aromatic nitrogens is 1. The van der Waals surface area contributed by atoms with Crippen molar-refractivity contribution in [2.45, 2.75) is 19.8 Å². The minimum atomic E-state index is -0.152. The van der Waals surface area contributed by atoms with Crippen molar-refractivity contribution in [1.29, 1.82) is 0 Å². The Hall–Kier alpha value is -1.98. The smallest absolute Gasteiger partial charge is 0.225 e. The number of ether oxygens (including phenoxy) is 2. The van der Waals surface area contributed by atoms with Gasteiger partial charge in [-0.25, -0.2) is 4.98 Å². The van der Waals surface area contributed by atoms with Gasteiger partial charge in [0, 0.05) is 17.6 Å². The highest BCUT2D eigenvalue weighted by Gasteiger charge is 2.09. The summed E-state index contributed by atoms with van der Waals surface area (Å²) >= 11 is 11.8. The van der Waals surface area contributed by atoms with Crippen molar-refractivity contribution < 1.29 is 14.3 Å². The zero-order valence-electron chi connectivity index (χ0n) is 13.2. The van der Waals surface area contributed by atoms with Crippen molar-refractivity contribution in [3.05, 3.63) is 46.6 Å². The standard InChI is InChI=1S/C17H18Cl2N2O3/c1-2-23-15-5-3-9-20-17(15)21-16(22)6-4-10-24-14-8-7-12(18)11-13(14)19/h3,5,7-9,11H,2,4,6,10H2,1H3,(H,20,21,22). The van der Waals surface area contributed by atoms with E-state index in [-0.39, 0.29) is 5.91 Å². The lowest BCUT2D eigenvalue weighted by atomic mass is 10.3. The van der Waals surface area contributed by atoms with Gasteiger partial charge in [-0.3, -0.25) is 4.79 Å². The van der Waals surface area contributed by atoms with E-state index in [0.717, 1.165) is 0 Å². The van der Waals surface area contributed by atoms with Gasteiger partial charge in [-0.05, 0) is 43.7 Å². The Bertz CT molecular complexity index is 695. The van der Waals surface area contributed by atoms with Crippen LogP contribution in [0.15, 0.2) is 36.5 Å².